The van der Waals surface area contributed by atoms with E-state index in [9.17, 15) is 9.59 Å². The van der Waals surface area contributed by atoms with E-state index in [1.54, 1.807) is 18.2 Å². The van der Waals surface area contributed by atoms with Crippen LogP contribution in [0, 0.1) is 0 Å². The van der Waals surface area contributed by atoms with Crippen molar-refractivity contribution < 1.29 is 9.53 Å². The van der Waals surface area contributed by atoms with Crippen molar-refractivity contribution in [2.24, 2.45) is 0 Å². The topological polar surface area (TPSA) is 74.1 Å². The highest BCUT2D eigenvalue weighted by Crippen LogP contribution is 2.16. The summed E-state index contributed by atoms with van der Waals surface area (Å²) in [6.07, 6.45) is 0.303. The molecule has 0 fully saturated rings. The van der Waals surface area contributed by atoms with Gasteiger partial charge in [0.15, 0.2) is 0 Å². The first kappa shape index (κ1) is 14.5. The van der Waals surface area contributed by atoms with Gasteiger partial charge in [0.1, 0.15) is 5.52 Å². The zero-order valence-electron chi connectivity index (χ0n) is 11.3. The van der Waals surface area contributed by atoms with Crippen molar-refractivity contribution in [2.45, 2.75) is 24.5 Å². The van der Waals surface area contributed by atoms with Crippen LogP contribution in [0.15, 0.2) is 29.1 Å². The van der Waals surface area contributed by atoms with Gasteiger partial charge in [0, 0.05) is 5.25 Å². The molecule has 0 N–H and O–H groups in total. The number of thioether (sulfide) groups is 1. The Morgan fingerprint density at radius 1 is 1.45 bits per heavy atom. The van der Waals surface area contributed by atoms with Crippen LogP contribution in [0.1, 0.15) is 13.3 Å². The van der Waals surface area contributed by atoms with Gasteiger partial charge in [-0.1, -0.05) is 24.3 Å². The second-order valence-electron chi connectivity index (χ2n) is 4.30. The maximum absolute atomic E-state index is 12.2. The molecule has 106 valence electrons. The molecule has 0 aliphatic carbocycles. The largest absolute Gasteiger partial charge is 0.469 e. The molecule has 0 radical (unpaired) electrons. The van der Waals surface area contributed by atoms with Crippen molar-refractivity contribution in [2.75, 3.05) is 7.11 Å². The number of carbonyl (C=O) groups is 1. The summed E-state index contributed by atoms with van der Waals surface area (Å²) in [5.41, 5.74) is 0.412. The number of aromatic nitrogens is 3. The highest BCUT2D eigenvalue weighted by atomic mass is 32.2. The number of fused-ring (bicyclic) bond motifs is 1. The maximum atomic E-state index is 12.2. The van der Waals surface area contributed by atoms with Crippen molar-refractivity contribution in [3.05, 3.63) is 34.6 Å². The van der Waals surface area contributed by atoms with E-state index in [-0.39, 0.29) is 16.8 Å². The van der Waals surface area contributed by atoms with Crippen LogP contribution < -0.4 is 5.56 Å². The summed E-state index contributed by atoms with van der Waals surface area (Å²) >= 11 is 1.46. The predicted octanol–water partition coefficient (Wildman–Crippen LogP) is 1.43. The third-order valence-electron chi connectivity index (χ3n) is 2.79. The van der Waals surface area contributed by atoms with E-state index in [0.717, 1.165) is 0 Å². The van der Waals surface area contributed by atoms with Gasteiger partial charge in [0.25, 0.3) is 5.56 Å². The van der Waals surface area contributed by atoms with Gasteiger partial charge < -0.3 is 4.74 Å². The Bertz CT molecular complexity index is 671. The Morgan fingerprint density at radius 2 is 2.20 bits per heavy atom. The SMILES string of the molecule is COC(=O)CC(C)SCn1nnc2ccccc2c1=O. The zero-order chi connectivity index (χ0) is 14.5. The quantitative estimate of drug-likeness (QED) is 0.776. The molecule has 0 spiro atoms. The molecule has 1 atom stereocenters. The molecular formula is C13H15N3O3S. The van der Waals surface area contributed by atoms with Crippen LogP contribution in [0.3, 0.4) is 0 Å². The fourth-order valence-electron chi connectivity index (χ4n) is 1.68. The number of rotatable bonds is 5. The minimum absolute atomic E-state index is 0.0441. The third kappa shape index (κ3) is 3.36. The summed E-state index contributed by atoms with van der Waals surface area (Å²) in [5.74, 6) is 0.0939. The van der Waals surface area contributed by atoms with E-state index < -0.39 is 0 Å². The van der Waals surface area contributed by atoms with Gasteiger partial charge >= 0.3 is 5.97 Å². The lowest BCUT2D eigenvalue weighted by Gasteiger charge is -2.10. The molecular weight excluding hydrogens is 278 g/mol. The first-order valence-corrected chi connectivity index (χ1v) is 7.17. The average molecular weight is 293 g/mol. The molecule has 1 aromatic carbocycles. The maximum Gasteiger partial charge on any atom is 0.306 e. The van der Waals surface area contributed by atoms with Gasteiger partial charge in [-0.05, 0) is 12.1 Å². The summed E-state index contributed by atoms with van der Waals surface area (Å²) < 4.78 is 5.91. The molecule has 20 heavy (non-hydrogen) atoms. The predicted molar refractivity (Wildman–Crippen MR) is 77.5 cm³/mol. The molecule has 0 saturated heterocycles. The summed E-state index contributed by atoms with van der Waals surface area (Å²) in [7, 11) is 1.36. The van der Waals surface area contributed by atoms with Crippen molar-refractivity contribution >= 4 is 28.6 Å². The molecule has 0 amide bonds. The summed E-state index contributed by atoms with van der Waals surface area (Å²) in [6.45, 7) is 1.90. The van der Waals surface area contributed by atoms with Gasteiger partial charge in [0.05, 0.1) is 24.8 Å². The molecule has 2 aromatic rings. The van der Waals surface area contributed by atoms with Crippen molar-refractivity contribution in [1.29, 1.82) is 0 Å². The van der Waals surface area contributed by atoms with Crippen molar-refractivity contribution in [3.63, 3.8) is 0 Å². The third-order valence-corrected chi connectivity index (χ3v) is 3.92. The Hall–Kier alpha value is -1.89. The van der Waals surface area contributed by atoms with E-state index in [0.29, 0.717) is 23.2 Å². The fourth-order valence-corrected chi connectivity index (χ4v) is 2.50. The molecule has 6 nitrogen and oxygen atoms in total. The fraction of sp³-hybridized carbons (Fsp3) is 0.385. The second kappa shape index (κ2) is 6.51. The number of carbonyl (C=O) groups excluding carboxylic acids is 1. The highest BCUT2D eigenvalue weighted by molar-refractivity contribution is 7.98. The van der Waals surface area contributed by atoms with Crippen LogP contribution in [0.4, 0.5) is 0 Å². The van der Waals surface area contributed by atoms with Gasteiger partial charge in [-0.25, -0.2) is 4.68 Å². The number of hydrogen-bond acceptors (Lipinski definition) is 6. The van der Waals surface area contributed by atoms with Crippen molar-refractivity contribution in [1.82, 2.24) is 15.0 Å². The summed E-state index contributed by atoms with van der Waals surface area (Å²) in [4.78, 5) is 23.3. The van der Waals surface area contributed by atoms with Gasteiger partial charge in [-0.2, -0.15) is 0 Å². The normalized spacial score (nSPS) is 12.3. The number of nitrogens with zero attached hydrogens (tertiary/aromatic N) is 3. The molecule has 0 aliphatic heterocycles. The van der Waals surface area contributed by atoms with Crippen LogP contribution in [0.25, 0.3) is 10.9 Å². The van der Waals surface area contributed by atoms with E-state index in [2.05, 4.69) is 15.0 Å². The van der Waals surface area contributed by atoms with Crippen LogP contribution in [0.5, 0.6) is 0 Å². The van der Waals surface area contributed by atoms with Crippen LogP contribution in [-0.2, 0) is 15.4 Å². The molecule has 0 bridgehead atoms. The molecule has 1 unspecified atom stereocenters. The first-order valence-electron chi connectivity index (χ1n) is 6.12. The lowest BCUT2D eigenvalue weighted by molar-refractivity contribution is -0.140. The second-order valence-corrected chi connectivity index (χ2v) is 5.69. The minimum atomic E-state index is -0.262. The standard InChI is InChI=1S/C13H15N3O3S/c1-9(7-12(17)19-2)20-8-16-13(18)10-5-3-4-6-11(10)14-15-16/h3-6,9H,7-8H2,1-2H3. The number of benzene rings is 1. The molecule has 1 aromatic heterocycles. The minimum Gasteiger partial charge on any atom is -0.469 e. The van der Waals surface area contributed by atoms with Crippen LogP contribution in [-0.4, -0.2) is 33.3 Å². The van der Waals surface area contributed by atoms with E-state index in [4.69, 9.17) is 0 Å². The number of esters is 1. The first-order chi connectivity index (χ1) is 9.61. The zero-order valence-corrected chi connectivity index (χ0v) is 12.1. The van der Waals surface area contributed by atoms with Crippen molar-refractivity contribution in [3.8, 4) is 0 Å². The number of ether oxygens (including phenoxy) is 1. The highest BCUT2D eigenvalue weighted by Gasteiger charge is 2.11. The molecule has 1 heterocycles. The van der Waals surface area contributed by atoms with Crippen LogP contribution in [0.2, 0.25) is 0 Å². The Kier molecular flexibility index (Phi) is 4.73. The molecule has 0 aliphatic rings. The molecule has 2 rings (SSSR count). The summed E-state index contributed by atoms with van der Waals surface area (Å²) in [5, 5.41) is 8.49. The summed E-state index contributed by atoms with van der Waals surface area (Å²) in [6, 6.07) is 7.09. The van der Waals surface area contributed by atoms with Gasteiger partial charge in [-0.3, -0.25) is 9.59 Å². The smallest absolute Gasteiger partial charge is 0.306 e. The van der Waals surface area contributed by atoms with Crippen LogP contribution >= 0.6 is 11.8 Å². The number of methoxy groups -OCH3 is 1. The van der Waals surface area contributed by atoms with Gasteiger partial charge in [-0.15, -0.1) is 16.9 Å². The van der Waals surface area contributed by atoms with E-state index in [1.807, 2.05) is 13.0 Å². The molecule has 7 heteroatoms. The molecule has 0 saturated carbocycles. The number of hydrogen-bond donors (Lipinski definition) is 0. The van der Waals surface area contributed by atoms with Gasteiger partial charge in [0.2, 0.25) is 0 Å². The monoisotopic (exact) mass is 293 g/mol. The van der Waals surface area contributed by atoms with E-state index in [1.165, 1.54) is 23.6 Å². The Labute approximate surface area is 120 Å². The lowest BCUT2D eigenvalue weighted by atomic mass is 10.2. The van der Waals surface area contributed by atoms with E-state index >= 15 is 0 Å². The lowest BCUT2D eigenvalue weighted by Crippen LogP contribution is -2.24. The Balaban J connectivity index is 2.09. The Morgan fingerprint density at radius 3 is 2.95 bits per heavy atom. The average Bonchev–Trinajstić information content (AvgIpc) is 2.46.